The number of nitrogens with zero attached hydrogens (tertiary/aromatic N) is 2. The number of rotatable bonds is 7. The molecular weight excluding hydrogens is 421 g/mol. The first-order valence-corrected chi connectivity index (χ1v) is 10.9. The van der Waals surface area contributed by atoms with Crippen molar-refractivity contribution in [3.05, 3.63) is 29.8 Å². The molecule has 1 aromatic carbocycles. The third-order valence-corrected chi connectivity index (χ3v) is 5.29. The number of amides is 2. The van der Waals surface area contributed by atoms with E-state index in [1.54, 1.807) is 4.90 Å². The van der Waals surface area contributed by atoms with Crippen LogP contribution < -0.4 is 10.6 Å². The zero-order chi connectivity index (χ0) is 24.2. The van der Waals surface area contributed by atoms with Gasteiger partial charge >= 0.3 is 6.18 Å². The Balaban J connectivity index is 1.80. The first-order valence-electron chi connectivity index (χ1n) is 10.9. The summed E-state index contributed by atoms with van der Waals surface area (Å²) in [6, 6.07) is 4.92. The van der Waals surface area contributed by atoms with Crippen molar-refractivity contribution in [3.8, 4) is 0 Å². The standard InChI is InChI=1S/C23H35F3N4O2/c1-21(2,3)16-22(4,5)27-14-20(32)30-12-10-29(11-13-30)15-19(31)28-18-9-7-6-8-17(18)23(24,25)26/h6-9,27H,10-16H2,1-5H3,(H,28,31). The molecule has 2 rings (SSSR count). The number of anilines is 1. The van der Waals surface area contributed by atoms with E-state index in [4.69, 9.17) is 0 Å². The summed E-state index contributed by atoms with van der Waals surface area (Å²) in [5.74, 6) is -0.498. The van der Waals surface area contributed by atoms with Crippen molar-refractivity contribution in [1.82, 2.24) is 15.1 Å². The fourth-order valence-corrected chi connectivity index (χ4v) is 4.20. The van der Waals surface area contributed by atoms with Crippen LogP contribution in [0.4, 0.5) is 18.9 Å². The third kappa shape index (κ3) is 8.43. The van der Waals surface area contributed by atoms with Crippen LogP contribution in [0.1, 0.15) is 46.6 Å². The van der Waals surface area contributed by atoms with Gasteiger partial charge in [0, 0.05) is 31.7 Å². The summed E-state index contributed by atoms with van der Waals surface area (Å²) in [6.07, 6.45) is -3.61. The van der Waals surface area contributed by atoms with Crippen LogP contribution in [0.25, 0.3) is 0 Å². The van der Waals surface area contributed by atoms with E-state index in [1.807, 2.05) is 4.90 Å². The minimum absolute atomic E-state index is 0.00944. The van der Waals surface area contributed by atoms with Crippen molar-refractivity contribution in [2.24, 2.45) is 5.41 Å². The van der Waals surface area contributed by atoms with Gasteiger partial charge in [-0.15, -0.1) is 0 Å². The molecule has 1 fully saturated rings. The van der Waals surface area contributed by atoms with Gasteiger partial charge in [0.2, 0.25) is 11.8 Å². The maximum atomic E-state index is 13.1. The quantitative estimate of drug-likeness (QED) is 0.658. The van der Waals surface area contributed by atoms with Gasteiger partial charge in [-0.1, -0.05) is 32.9 Å². The molecule has 32 heavy (non-hydrogen) atoms. The molecule has 1 aromatic rings. The zero-order valence-electron chi connectivity index (χ0n) is 19.6. The number of halogens is 3. The van der Waals surface area contributed by atoms with Crippen molar-refractivity contribution in [1.29, 1.82) is 0 Å². The Kier molecular flexibility index (Phi) is 8.33. The summed E-state index contributed by atoms with van der Waals surface area (Å²) in [6.45, 7) is 12.8. The van der Waals surface area contributed by atoms with Gasteiger partial charge in [-0.05, 0) is 37.8 Å². The molecule has 180 valence electrons. The summed E-state index contributed by atoms with van der Waals surface area (Å²) in [4.78, 5) is 28.5. The molecule has 0 saturated carbocycles. The molecular formula is C23H35F3N4O2. The molecule has 0 aromatic heterocycles. The van der Waals surface area contributed by atoms with E-state index in [0.29, 0.717) is 26.2 Å². The van der Waals surface area contributed by atoms with Crippen molar-refractivity contribution in [2.45, 2.75) is 52.8 Å². The summed E-state index contributed by atoms with van der Waals surface area (Å²) in [7, 11) is 0. The van der Waals surface area contributed by atoms with E-state index >= 15 is 0 Å². The SMILES string of the molecule is CC(C)(C)CC(C)(C)NCC(=O)N1CCN(CC(=O)Nc2ccccc2C(F)(F)F)CC1. The van der Waals surface area contributed by atoms with Crippen molar-refractivity contribution in [2.75, 3.05) is 44.6 Å². The molecule has 1 heterocycles. The van der Waals surface area contributed by atoms with E-state index in [9.17, 15) is 22.8 Å². The van der Waals surface area contributed by atoms with Crippen molar-refractivity contribution in [3.63, 3.8) is 0 Å². The van der Waals surface area contributed by atoms with Gasteiger partial charge in [-0.3, -0.25) is 14.5 Å². The van der Waals surface area contributed by atoms with Gasteiger partial charge in [0.1, 0.15) is 0 Å². The number of hydrogen-bond donors (Lipinski definition) is 2. The molecule has 1 saturated heterocycles. The highest BCUT2D eigenvalue weighted by molar-refractivity contribution is 5.93. The fourth-order valence-electron chi connectivity index (χ4n) is 4.20. The Morgan fingerprint density at radius 3 is 2.12 bits per heavy atom. The molecule has 0 radical (unpaired) electrons. The van der Waals surface area contributed by atoms with Crippen LogP contribution in [-0.4, -0.2) is 66.4 Å². The van der Waals surface area contributed by atoms with Crippen LogP contribution in [-0.2, 0) is 15.8 Å². The molecule has 2 amide bonds. The monoisotopic (exact) mass is 456 g/mol. The molecule has 9 heteroatoms. The van der Waals surface area contributed by atoms with Crippen molar-refractivity contribution >= 4 is 17.5 Å². The van der Waals surface area contributed by atoms with Gasteiger partial charge in [-0.25, -0.2) is 0 Å². The highest BCUT2D eigenvalue weighted by atomic mass is 19.4. The molecule has 0 aliphatic carbocycles. The Labute approximate surface area is 188 Å². The van der Waals surface area contributed by atoms with E-state index in [1.165, 1.54) is 18.2 Å². The van der Waals surface area contributed by atoms with Gasteiger partial charge in [0.05, 0.1) is 24.3 Å². The number of piperazine rings is 1. The second kappa shape index (κ2) is 10.2. The molecule has 2 N–H and O–H groups in total. The summed E-state index contributed by atoms with van der Waals surface area (Å²) in [5.41, 5.74) is -1.14. The average molecular weight is 457 g/mol. The second-order valence-electron chi connectivity index (χ2n) is 10.2. The fraction of sp³-hybridized carbons (Fsp3) is 0.652. The maximum absolute atomic E-state index is 13.1. The lowest BCUT2D eigenvalue weighted by atomic mass is 9.82. The molecule has 0 spiro atoms. The minimum Gasteiger partial charge on any atom is -0.339 e. The predicted octanol–water partition coefficient (Wildman–Crippen LogP) is 3.59. The highest BCUT2D eigenvalue weighted by Crippen LogP contribution is 2.34. The van der Waals surface area contributed by atoms with Gasteiger partial charge in [0.25, 0.3) is 0 Å². The minimum atomic E-state index is -4.54. The number of hydrogen-bond acceptors (Lipinski definition) is 4. The number of para-hydroxylation sites is 1. The summed E-state index contributed by atoms with van der Waals surface area (Å²) >= 11 is 0. The van der Waals surface area contributed by atoms with Crippen molar-refractivity contribution < 1.29 is 22.8 Å². The van der Waals surface area contributed by atoms with Crippen LogP contribution in [0.3, 0.4) is 0 Å². The number of carbonyl (C=O) groups is 2. The molecule has 0 unspecified atom stereocenters. The van der Waals surface area contributed by atoms with Crippen LogP contribution in [0.5, 0.6) is 0 Å². The highest BCUT2D eigenvalue weighted by Gasteiger charge is 2.34. The summed E-state index contributed by atoms with van der Waals surface area (Å²) < 4.78 is 39.3. The lowest BCUT2D eigenvalue weighted by Gasteiger charge is -2.36. The first-order chi connectivity index (χ1) is 14.7. The molecule has 0 atom stereocenters. The normalized spacial score (nSPS) is 16.2. The predicted molar refractivity (Wildman–Crippen MR) is 119 cm³/mol. The van der Waals surface area contributed by atoms with Gasteiger partial charge in [-0.2, -0.15) is 13.2 Å². The van der Waals surface area contributed by atoms with Crippen LogP contribution in [0.2, 0.25) is 0 Å². The Morgan fingerprint density at radius 1 is 0.969 bits per heavy atom. The maximum Gasteiger partial charge on any atom is 0.418 e. The van der Waals surface area contributed by atoms with E-state index in [2.05, 4.69) is 45.3 Å². The van der Waals surface area contributed by atoms with E-state index < -0.39 is 17.6 Å². The van der Waals surface area contributed by atoms with Gasteiger partial charge in [0.15, 0.2) is 0 Å². The number of nitrogens with one attached hydrogen (secondary N) is 2. The molecule has 0 bridgehead atoms. The van der Waals surface area contributed by atoms with E-state index in [-0.39, 0.29) is 35.6 Å². The second-order valence-corrected chi connectivity index (χ2v) is 10.2. The van der Waals surface area contributed by atoms with E-state index in [0.717, 1.165) is 12.5 Å². The lowest BCUT2D eigenvalue weighted by molar-refractivity contribution is -0.137. The lowest BCUT2D eigenvalue weighted by Crippen LogP contribution is -2.54. The smallest absolute Gasteiger partial charge is 0.339 e. The van der Waals surface area contributed by atoms with Crippen LogP contribution >= 0.6 is 0 Å². The summed E-state index contributed by atoms with van der Waals surface area (Å²) in [5, 5.41) is 5.70. The molecule has 6 nitrogen and oxygen atoms in total. The van der Waals surface area contributed by atoms with Gasteiger partial charge < -0.3 is 15.5 Å². The Hall–Kier alpha value is -2.13. The van der Waals surface area contributed by atoms with Crippen LogP contribution in [0.15, 0.2) is 24.3 Å². The average Bonchev–Trinajstić information content (AvgIpc) is 2.64. The Bertz CT molecular complexity index is 795. The van der Waals surface area contributed by atoms with Crippen LogP contribution in [0, 0.1) is 5.41 Å². The Morgan fingerprint density at radius 2 is 1.56 bits per heavy atom. The zero-order valence-corrected chi connectivity index (χ0v) is 19.6. The third-order valence-electron chi connectivity index (χ3n) is 5.29. The largest absolute Gasteiger partial charge is 0.418 e. The first kappa shape index (κ1) is 26.1. The molecule has 1 aliphatic heterocycles. The number of carbonyl (C=O) groups excluding carboxylic acids is 2. The number of benzene rings is 1. The number of alkyl halides is 3. The topological polar surface area (TPSA) is 64.7 Å². The molecule has 1 aliphatic rings.